The second kappa shape index (κ2) is 4.54. The summed E-state index contributed by atoms with van der Waals surface area (Å²) in [6, 6.07) is 0. The third kappa shape index (κ3) is 2.55. The van der Waals surface area contributed by atoms with Crippen molar-refractivity contribution < 1.29 is 0 Å². The van der Waals surface area contributed by atoms with E-state index in [-0.39, 0.29) is 0 Å². The summed E-state index contributed by atoms with van der Waals surface area (Å²) in [6.07, 6.45) is 13.2. The molecule has 0 bridgehead atoms. The molecule has 0 nitrogen and oxygen atoms in total. The lowest BCUT2D eigenvalue weighted by atomic mass is 10.1. The molecule has 0 aromatic rings. The average Bonchev–Trinajstić information content (AvgIpc) is 2.41. The van der Waals surface area contributed by atoms with Crippen LogP contribution in [0.25, 0.3) is 0 Å². The SMILES string of the molecule is CCC/C=C\C1CCCC1. The zero-order valence-corrected chi connectivity index (χ0v) is 6.97. The summed E-state index contributed by atoms with van der Waals surface area (Å²) in [5, 5.41) is 0. The van der Waals surface area contributed by atoms with Crippen LogP contribution in [0.1, 0.15) is 45.4 Å². The van der Waals surface area contributed by atoms with Crippen LogP contribution >= 0.6 is 0 Å². The summed E-state index contributed by atoms with van der Waals surface area (Å²) in [5.74, 6) is 0.937. The van der Waals surface area contributed by atoms with Gasteiger partial charge in [-0.05, 0) is 25.2 Å². The highest BCUT2D eigenvalue weighted by molar-refractivity contribution is 4.90. The van der Waals surface area contributed by atoms with E-state index < -0.39 is 0 Å². The topological polar surface area (TPSA) is 0 Å². The zero-order chi connectivity index (χ0) is 7.23. The Bertz CT molecular complexity index is 96.6. The first-order chi connectivity index (χ1) is 4.93. The van der Waals surface area contributed by atoms with Crippen LogP contribution in [0.4, 0.5) is 0 Å². The third-order valence-corrected chi connectivity index (χ3v) is 2.26. The van der Waals surface area contributed by atoms with Crippen molar-refractivity contribution in [2.45, 2.75) is 45.4 Å². The summed E-state index contributed by atoms with van der Waals surface area (Å²) < 4.78 is 0. The standard InChI is InChI=1S/C10H18/c1-2-3-4-7-10-8-5-6-9-10/h4,7,10H,2-3,5-6,8-9H2,1H3/b7-4-. The van der Waals surface area contributed by atoms with Crippen molar-refractivity contribution in [2.24, 2.45) is 5.92 Å². The second-order valence-electron chi connectivity index (χ2n) is 3.26. The van der Waals surface area contributed by atoms with Crippen molar-refractivity contribution in [3.8, 4) is 0 Å². The van der Waals surface area contributed by atoms with E-state index >= 15 is 0 Å². The fraction of sp³-hybridized carbons (Fsp3) is 0.800. The van der Waals surface area contributed by atoms with Gasteiger partial charge < -0.3 is 0 Å². The van der Waals surface area contributed by atoms with Crippen molar-refractivity contribution in [1.29, 1.82) is 0 Å². The molecule has 58 valence electrons. The molecule has 0 atom stereocenters. The van der Waals surface area contributed by atoms with Gasteiger partial charge >= 0.3 is 0 Å². The molecule has 0 N–H and O–H groups in total. The highest BCUT2D eigenvalue weighted by atomic mass is 14.2. The number of hydrogen-bond donors (Lipinski definition) is 0. The molecule has 1 saturated carbocycles. The maximum Gasteiger partial charge on any atom is -0.0234 e. The molecule has 0 amide bonds. The average molecular weight is 138 g/mol. The van der Waals surface area contributed by atoms with Gasteiger partial charge in [-0.2, -0.15) is 0 Å². The van der Waals surface area contributed by atoms with Crippen molar-refractivity contribution in [2.75, 3.05) is 0 Å². The van der Waals surface area contributed by atoms with Crippen molar-refractivity contribution in [3.63, 3.8) is 0 Å². The Morgan fingerprint density at radius 2 is 2.00 bits per heavy atom. The lowest BCUT2D eigenvalue weighted by Crippen LogP contribution is -1.84. The van der Waals surface area contributed by atoms with E-state index in [0.29, 0.717) is 0 Å². The van der Waals surface area contributed by atoms with E-state index in [1.54, 1.807) is 0 Å². The third-order valence-electron chi connectivity index (χ3n) is 2.26. The summed E-state index contributed by atoms with van der Waals surface area (Å²) in [5.41, 5.74) is 0. The highest BCUT2D eigenvalue weighted by Crippen LogP contribution is 2.25. The lowest BCUT2D eigenvalue weighted by Gasteiger charge is -1.98. The predicted octanol–water partition coefficient (Wildman–Crippen LogP) is 3.53. The van der Waals surface area contributed by atoms with E-state index in [1.807, 2.05) is 0 Å². The Morgan fingerprint density at radius 3 is 2.60 bits per heavy atom. The molecule has 0 heterocycles. The second-order valence-corrected chi connectivity index (χ2v) is 3.26. The Labute approximate surface area is 64.3 Å². The molecule has 1 fully saturated rings. The van der Waals surface area contributed by atoms with Crippen LogP contribution < -0.4 is 0 Å². The van der Waals surface area contributed by atoms with Gasteiger partial charge in [-0.3, -0.25) is 0 Å². The molecule has 1 aliphatic carbocycles. The molecule has 1 aliphatic rings. The smallest absolute Gasteiger partial charge is 0.0234 e. The molecule has 0 radical (unpaired) electrons. The Balaban J connectivity index is 2.10. The van der Waals surface area contributed by atoms with Gasteiger partial charge in [-0.15, -0.1) is 0 Å². The van der Waals surface area contributed by atoms with Crippen LogP contribution in [-0.4, -0.2) is 0 Å². The number of unbranched alkanes of at least 4 members (excludes halogenated alkanes) is 1. The molecular formula is C10H18. The molecule has 0 aromatic carbocycles. The van der Waals surface area contributed by atoms with Gasteiger partial charge in [0.1, 0.15) is 0 Å². The monoisotopic (exact) mass is 138 g/mol. The van der Waals surface area contributed by atoms with Gasteiger partial charge in [0.2, 0.25) is 0 Å². The Hall–Kier alpha value is -0.260. The minimum atomic E-state index is 0.937. The van der Waals surface area contributed by atoms with Crippen LogP contribution in [0.15, 0.2) is 12.2 Å². The largest absolute Gasteiger partial charge is 0.0883 e. The van der Waals surface area contributed by atoms with E-state index in [0.717, 1.165) is 5.92 Å². The summed E-state index contributed by atoms with van der Waals surface area (Å²) in [4.78, 5) is 0. The molecule has 1 rings (SSSR count). The van der Waals surface area contributed by atoms with Gasteiger partial charge in [0.05, 0.1) is 0 Å². The van der Waals surface area contributed by atoms with Gasteiger partial charge in [-0.1, -0.05) is 38.3 Å². The minimum Gasteiger partial charge on any atom is -0.0883 e. The fourth-order valence-electron chi connectivity index (χ4n) is 1.61. The predicted molar refractivity (Wildman–Crippen MR) is 46.0 cm³/mol. The summed E-state index contributed by atoms with van der Waals surface area (Å²) >= 11 is 0. The Kier molecular flexibility index (Phi) is 3.56. The van der Waals surface area contributed by atoms with Crippen molar-refractivity contribution in [3.05, 3.63) is 12.2 Å². The van der Waals surface area contributed by atoms with Gasteiger partial charge in [-0.25, -0.2) is 0 Å². The number of allylic oxidation sites excluding steroid dienone is 2. The van der Waals surface area contributed by atoms with Crippen LogP contribution in [0.5, 0.6) is 0 Å². The zero-order valence-electron chi connectivity index (χ0n) is 6.97. The van der Waals surface area contributed by atoms with Gasteiger partial charge in [0, 0.05) is 0 Å². The van der Waals surface area contributed by atoms with E-state index in [4.69, 9.17) is 0 Å². The highest BCUT2D eigenvalue weighted by Gasteiger charge is 2.10. The number of hydrogen-bond acceptors (Lipinski definition) is 0. The molecule has 0 aliphatic heterocycles. The molecule has 0 unspecified atom stereocenters. The first-order valence-corrected chi connectivity index (χ1v) is 4.60. The molecule has 0 heteroatoms. The fourth-order valence-corrected chi connectivity index (χ4v) is 1.61. The van der Waals surface area contributed by atoms with Crippen LogP contribution in [-0.2, 0) is 0 Å². The van der Waals surface area contributed by atoms with Gasteiger partial charge in [0.15, 0.2) is 0 Å². The molecule has 0 spiro atoms. The van der Waals surface area contributed by atoms with Gasteiger partial charge in [0.25, 0.3) is 0 Å². The molecule has 10 heavy (non-hydrogen) atoms. The van der Waals surface area contributed by atoms with Crippen LogP contribution in [0, 0.1) is 5.92 Å². The quantitative estimate of drug-likeness (QED) is 0.523. The van der Waals surface area contributed by atoms with Crippen LogP contribution in [0.2, 0.25) is 0 Å². The van der Waals surface area contributed by atoms with Crippen molar-refractivity contribution in [1.82, 2.24) is 0 Å². The van der Waals surface area contributed by atoms with Crippen LogP contribution in [0.3, 0.4) is 0 Å². The maximum atomic E-state index is 2.43. The first kappa shape index (κ1) is 7.84. The molecule has 0 saturated heterocycles. The summed E-state index contributed by atoms with van der Waals surface area (Å²) in [7, 11) is 0. The number of rotatable bonds is 3. The lowest BCUT2D eigenvalue weighted by molar-refractivity contribution is 0.682. The first-order valence-electron chi connectivity index (χ1n) is 4.60. The Morgan fingerprint density at radius 1 is 1.30 bits per heavy atom. The summed E-state index contributed by atoms with van der Waals surface area (Å²) in [6.45, 7) is 2.24. The minimum absolute atomic E-state index is 0.937. The maximum absolute atomic E-state index is 2.43. The molecular weight excluding hydrogens is 120 g/mol. The van der Waals surface area contributed by atoms with E-state index in [9.17, 15) is 0 Å². The normalized spacial score (nSPS) is 20.9. The molecule has 0 aromatic heterocycles. The van der Waals surface area contributed by atoms with E-state index in [2.05, 4.69) is 19.1 Å². The van der Waals surface area contributed by atoms with Crippen molar-refractivity contribution >= 4 is 0 Å². The van der Waals surface area contributed by atoms with E-state index in [1.165, 1.54) is 38.5 Å².